The number of pyridine rings is 1. The van der Waals surface area contributed by atoms with Gasteiger partial charge in [0.05, 0.1) is 0 Å². The van der Waals surface area contributed by atoms with Gasteiger partial charge < -0.3 is 24.0 Å². The molecular weight excluding hydrogens is 329 g/mol. The van der Waals surface area contributed by atoms with E-state index in [1.54, 1.807) is 11.8 Å². The second-order valence-corrected chi connectivity index (χ2v) is 4.26. The van der Waals surface area contributed by atoms with Crippen LogP contribution >= 0.6 is 11.8 Å². The van der Waals surface area contributed by atoms with Gasteiger partial charge >= 0.3 is 0 Å². The van der Waals surface area contributed by atoms with Crippen LogP contribution in [-0.2, 0) is 7.05 Å². The molecule has 0 spiro atoms. The fraction of sp³-hybridized carbons (Fsp3) is 0.154. The molecule has 0 N–H and O–H groups in total. The zero-order valence-electron chi connectivity index (χ0n) is 9.35. The third-order valence-electron chi connectivity index (χ3n) is 2.42. The maximum atomic E-state index is 2.22. The molecule has 0 saturated carbocycles. The lowest BCUT2D eigenvalue weighted by Crippen LogP contribution is -3.00. The zero-order valence-corrected chi connectivity index (χ0v) is 12.3. The van der Waals surface area contributed by atoms with Crippen molar-refractivity contribution in [3.8, 4) is 11.1 Å². The van der Waals surface area contributed by atoms with E-state index in [2.05, 4.69) is 60.5 Å². The lowest BCUT2D eigenvalue weighted by molar-refractivity contribution is -0.708. The number of aromatic nitrogens is 1. The first-order valence-electron chi connectivity index (χ1n) is 4.90. The lowest BCUT2D eigenvalue weighted by atomic mass is 10.1. The van der Waals surface area contributed by atoms with Gasteiger partial charge in [-0.25, -0.2) is 0 Å². The molecule has 1 aromatic carbocycles. The first-order chi connectivity index (χ1) is 7.31. The molecule has 0 radical (unpaired) electrons. The largest absolute Gasteiger partial charge is 1.00 e. The normalized spacial score (nSPS) is 9.62. The van der Waals surface area contributed by atoms with Gasteiger partial charge in [0.2, 0.25) is 5.03 Å². The van der Waals surface area contributed by atoms with E-state index < -0.39 is 0 Å². The van der Waals surface area contributed by atoms with Gasteiger partial charge in [0.25, 0.3) is 0 Å². The van der Waals surface area contributed by atoms with Crippen LogP contribution < -0.4 is 28.5 Å². The molecule has 0 unspecified atom stereocenters. The number of nitrogens with zero attached hydrogens (tertiary/aromatic N) is 1. The van der Waals surface area contributed by atoms with Crippen molar-refractivity contribution in [2.75, 3.05) is 6.26 Å². The lowest BCUT2D eigenvalue weighted by Gasteiger charge is -2.02. The highest BCUT2D eigenvalue weighted by Crippen LogP contribution is 2.21. The minimum Gasteiger partial charge on any atom is -1.00 e. The van der Waals surface area contributed by atoms with Crippen LogP contribution in [0, 0.1) is 0 Å². The van der Waals surface area contributed by atoms with Crippen molar-refractivity contribution in [1.29, 1.82) is 0 Å². The summed E-state index contributed by atoms with van der Waals surface area (Å²) in [4.78, 5) is 0. The first-order valence-corrected chi connectivity index (χ1v) is 6.13. The second-order valence-electron chi connectivity index (χ2n) is 3.43. The number of hydrogen-bond acceptors (Lipinski definition) is 1. The Labute approximate surface area is 118 Å². The Morgan fingerprint density at radius 1 is 1.00 bits per heavy atom. The fourth-order valence-electron chi connectivity index (χ4n) is 1.56. The van der Waals surface area contributed by atoms with Crippen molar-refractivity contribution in [3.05, 3.63) is 48.7 Å². The third-order valence-corrected chi connectivity index (χ3v) is 3.24. The molecule has 2 rings (SSSR count). The molecule has 1 nitrogen and oxygen atoms in total. The van der Waals surface area contributed by atoms with Crippen molar-refractivity contribution in [2.45, 2.75) is 5.03 Å². The quantitative estimate of drug-likeness (QED) is 0.419. The number of hydrogen-bond donors (Lipinski definition) is 0. The van der Waals surface area contributed by atoms with E-state index in [0.29, 0.717) is 0 Å². The number of rotatable bonds is 2. The second kappa shape index (κ2) is 6.25. The molecular formula is C13H14INS. The standard InChI is InChI=1S/C13H14NS.HI/c1-14-9-8-12(10-13(14)15-2)11-6-4-3-5-7-11;/h3-10H,1-2H3;1H/q+1;/p-1. The van der Waals surface area contributed by atoms with E-state index in [0.717, 1.165) is 0 Å². The topological polar surface area (TPSA) is 3.88 Å². The van der Waals surface area contributed by atoms with Crippen molar-refractivity contribution in [1.82, 2.24) is 0 Å². The molecule has 0 atom stereocenters. The number of benzene rings is 1. The van der Waals surface area contributed by atoms with Gasteiger partial charge in [0.15, 0.2) is 6.20 Å². The Kier molecular flexibility index (Phi) is 5.28. The Morgan fingerprint density at radius 2 is 1.69 bits per heavy atom. The molecule has 1 heterocycles. The molecule has 0 aliphatic heterocycles. The van der Waals surface area contributed by atoms with E-state index in [4.69, 9.17) is 0 Å². The maximum Gasteiger partial charge on any atom is 0.240 e. The highest BCUT2D eigenvalue weighted by Gasteiger charge is 2.06. The Morgan fingerprint density at radius 3 is 2.31 bits per heavy atom. The van der Waals surface area contributed by atoms with Crippen LogP contribution in [0.2, 0.25) is 0 Å². The molecule has 2 aromatic rings. The molecule has 0 saturated heterocycles. The van der Waals surface area contributed by atoms with Gasteiger partial charge in [-0.15, -0.1) is 0 Å². The molecule has 3 heteroatoms. The summed E-state index contributed by atoms with van der Waals surface area (Å²) in [5, 5.41) is 1.27. The molecule has 0 fully saturated rings. The van der Waals surface area contributed by atoms with E-state index >= 15 is 0 Å². The van der Waals surface area contributed by atoms with E-state index in [-0.39, 0.29) is 24.0 Å². The SMILES string of the molecule is CSc1cc(-c2ccccc2)cc[n+]1C.[I-]. The highest BCUT2D eigenvalue weighted by atomic mass is 127. The van der Waals surface area contributed by atoms with Crippen molar-refractivity contribution < 1.29 is 28.5 Å². The predicted octanol–water partition coefficient (Wildman–Crippen LogP) is -0.0960. The molecule has 84 valence electrons. The zero-order chi connectivity index (χ0) is 10.7. The summed E-state index contributed by atoms with van der Waals surface area (Å²) >= 11 is 1.77. The Balaban J connectivity index is 0.00000128. The summed E-state index contributed by atoms with van der Waals surface area (Å²) in [6.07, 6.45) is 4.21. The summed E-state index contributed by atoms with van der Waals surface area (Å²) in [5.74, 6) is 0. The number of aryl methyl sites for hydroxylation is 1. The van der Waals surface area contributed by atoms with E-state index in [1.807, 2.05) is 6.07 Å². The summed E-state index contributed by atoms with van der Waals surface area (Å²) < 4.78 is 2.14. The van der Waals surface area contributed by atoms with Crippen LogP contribution in [0.15, 0.2) is 53.7 Å². The fourth-order valence-corrected chi connectivity index (χ4v) is 2.16. The summed E-state index contributed by atoms with van der Waals surface area (Å²) in [6, 6.07) is 14.8. The monoisotopic (exact) mass is 343 g/mol. The van der Waals surface area contributed by atoms with Crippen molar-refractivity contribution >= 4 is 11.8 Å². The molecule has 16 heavy (non-hydrogen) atoms. The van der Waals surface area contributed by atoms with Crippen LogP contribution in [0.3, 0.4) is 0 Å². The van der Waals surface area contributed by atoms with Gasteiger partial charge in [0.1, 0.15) is 7.05 Å². The van der Waals surface area contributed by atoms with Gasteiger partial charge in [-0.05, 0) is 17.4 Å². The average molecular weight is 343 g/mol. The summed E-state index contributed by atoms with van der Waals surface area (Å²) in [5.41, 5.74) is 2.55. The van der Waals surface area contributed by atoms with Crippen LogP contribution in [0.5, 0.6) is 0 Å². The minimum absolute atomic E-state index is 0. The van der Waals surface area contributed by atoms with E-state index in [9.17, 15) is 0 Å². The maximum absolute atomic E-state index is 2.22. The molecule has 0 aliphatic carbocycles. The minimum atomic E-state index is 0. The predicted molar refractivity (Wildman–Crippen MR) is 64.8 cm³/mol. The summed E-state index contributed by atoms with van der Waals surface area (Å²) in [6.45, 7) is 0. The van der Waals surface area contributed by atoms with Crippen LogP contribution in [0.1, 0.15) is 0 Å². The number of thioether (sulfide) groups is 1. The van der Waals surface area contributed by atoms with Gasteiger partial charge in [0, 0.05) is 12.1 Å². The van der Waals surface area contributed by atoms with Gasteiger partial charge in [-0.2, -0.15) is 4.57 Å². The smallest absolute Gasteiger partial charge is 0.240 e. The first kappa shape index (κ1) is 13.5. The molecule has 1 aromatic heterocycles. The average Bonchev–Trinajstić information content (AvgIpc) is 2.31. The van der Waals surface area contributed by atoms with Gasteiger partial charge in [-0.3, -0.25) is 0 Å². The van der Waals surface area contributed by atoms with E-state index in [1.165, 1.54) is 16.2 Å². The summed E-state index contributed by atoms with van der Waals surface area (Å²) in [7, 11) is 2.07. The Bertz CT molecular complexity index is 457. The number of halogens is 1. The molecule has 0 aliphatic rings. The van der Waals surface area contributed by atoms with Crippen molar-refractivity contribution in [3.63, 3.8) is 0 Å². The van der Waals surface area contributed by atoms with Gasteiger partial charge in [-0.1, -0.05) is 42.1 Å². The highest BCUT2D eigenvalue weighted by molar-refractivity contribution is 7.98. The van der Waals surface area contributed by atoms with Crippen LogP contribution in [-0.4, -0.2) is 6.26 Å². The molecule has 0 amide bonds. The van der Waals surface area contributed by atoms with Crippen LogP contribution in [0.25, 0.3) is 11.1 Å². The molecule has 0 bridgehead atoms. The third kappa shape index (κ3) is 2.98. The Hall–Kier alpha value is -0.550. The van der Waals surface area contributed by atoms with Crippen LogP contribution in [0.4, 0.5) is 0 Å². The van der Waals surface area contributed by atoms with Crippen molar-refractivity contribution in [2.24, 2.45) is 7.05 Å².